The third-order valence-electron chi connectivity index (χ3n) is 5.98. The summed E-state index contributed by atoms with van der Waals surface area (Å²) >= 11 is 0. The van der Waals surface area contributed by atoms with E-state index in [1.165, 1.54) is 28.6 Å². The zero-order chi connectivity index (χ0) is 24.8. The molecule has 1 N–H and O–H groups in total. The summed E-state index contributed by atoms with van der Waals surface area (Å²) in [6.45, 7) is 4.17. The van der Waals surface area contributed by atoms with E-state index in [1.807, 2.05) is 47.4 Å². The van der Waals surface area contributed by atoms with E-state index >= 15 is 0 Å². The molecule has 1 atom stereocenters. The standard InChI is InChI=1S/C26H30N2O6S/c1-2-33-26(30)21-10-12-23(13-11-21)35(31,32)28-16-14-27(15-17-28)18-22(29)19-34-25-9-5-7-20-6-3-4-8-24(20)25/h3-13,22,29H,2,14-19H2,1H3. The lowest BCUT2D eigenvalue weighted by molar-refractivity contribution is 0.0526. The van der Waals surface area contributed by atoms with Gasteiger partial charge in [-0.3, -0.25) is 4.90 Å². The molecule has 0 saturated carbocycles. The van der Waals surface area contributed by atoms with Crippen LogP contribution in [0.5, 0.6) is 5.75 Å². The third-order valence-corrected chi connectivity index (χ3v) is 7.90. The average Bonchev–Trinajstić information content (AvgIpc) is 2.88. The van der Waals surface area contributed by atoms with Crippen LogP contribution in [0, 0.1) is 0 Å². The van der Waals surface area contributed by atoms with E-state index in [-0.39, 0.29) is 18.1 Å². The molecule has 0 amide bonds. The number of ether oxygens (including phenoxy) is 2. The Morgan fingerprint density at radius 2 is 1.66 bits per heavy atom. The van der Waals surface area contributed by atoms with E-state index in [0.717, 1.165) is 16.5 Å². The molecular formula is C26H30N2O6S. The number of rotatable bonds is 9. The van der Waals surface area contributed by atoms with Crippen molar-refractivity contribution in [1.29, 1.82) is 0 Å². The summed E-state index contributed by atoms with van der Waals surface area (Å²) in [5.41, 5.74) is 0.315. The van der Waals surface area contributed by atoms with Gasteiger partial charge in [0.25, 0.3) is 0 Å². The highest BCUT2D eigenvalue weighted by Gasteiger charge is 2.29. The number of carbonyl (C=O) groups excluding carboxylic acids is 1. The number of carbonyl (C=O) groups is 1. The summed E-state index contributed by atoms with van der Waals surface area (Å²) in [7, 11) is -3.67. The topological polar surface area (TPSA) is 96.4 Å². The summed E-state index contributed by atoms with van der Waals surface area (Å²) in [6, 6.07) is 19.5. The molecule has 1 aliphatic heterocycles. The number of piperazine rings is 1. The van der Waals surface area contributed by atoms with Crippen LogP contribution in [0.25, 0.3) is 10.8 Å². The van der Waals surface area contributed by atoms with Crippen molar-refractivity contribution < 1.29 is 27.8 Å². The van der Waals surface area contributed by atoms with E-state index in [4.69, 9.17) is 9.47 Å². The number of β-amino-alcohol motifs (C(OH)–C–C–N with tert-alkyl or cyclic N) is 1. The monoisotopic (exact) mass is 498 g/mol. The molecule has 3 aromatic carbocycles. The van der Waals surface area contributed by atoms with Gasteiger partial charge in [-0.15, -0.1) is 0 Å². The van der Waals surface area contributed by atoms with Crippen molar-refractivity contribution in [3.05, 3.63) is 72.3 Å². The molecule has 1 aliphatic rings. The van der Waals surface area contributed by atoms with Crippen molar-refractivity contribution in [2.75, 3.05) is 45.9 Å². The van der Waals surface area contributed by atoms with Crippen LogP contribution in [-0.4, -0.2) is 80.7 Å². The molecular weight excluding hydrogens is 468 g/mol. The van der Waals surface area contributed by atoms with Gasteiger partial charge in [-0.2, -0.15) is 4.31 Å². The van der Waals surface area contributed by atoms with E-state index < -0.39 is 22.1 Å². The Labute approximate surface area is 205 Å². The molecule has 0 aromatic heterocycles. The Bertz CT molecular complexity index is 1250. The second-order valence-electron chi connectivity index (χ2n) is 8.39. The Kier molecular flexibility index (Phi) is 8.02. The lowest BCUT2D eigenvalue weighted by Gasteiger charge is -2.34. The summed E-state index contributed by atoms with van der Waals surface area (Å²) in [4.78, 5) is 14.0. The molecule has 1 fully saturated rings. The van der Waals surface area contributed by atoms with Crippen molar-refractivity contribution in [1.82, 2.24) is 9.21 Å². The fourth-order valence-corrected chi connectivity index (χ4v) is 5.56. The predicted octanol–water partition coefficient (Wildman–Crippen LogP) is 2.76. The summed E-state index contributed by atoms with van der Waals surface area (Å²) < 4.78 is 38.3. The molecule has 0 bridgehead atoms. The molecule has 0 spiro atoms. The number of sulfonamides is 1. The van der Waals surface area contributed by atoms with Gasteiger partial charge in [0.2, 0.25) is 10.0 Å². The molecule has 186 valence electrons. The molecule has 35 heavy (non-hydrogen) atoms. The van der Waals surface area contributed by atoms with Crippen molar-refractivity contribution in [2.24, 2.45) is 0 Å². The van der Waals surface area contributed by atoms with Gasteiger partial charge in [-0.25, -0.2) is 13.2 Å². The van der Waals surface area contributed by atoms with Crippen molar-refractivity contribution >= 4 is 26.8 Å². The molecule has 4 rings (SSSR count). The minimum absolute atomic E-state index is 0.141. The van der Waals surface area contributed by atoms with E-state index in [1.54, 1.807) is 6.92 Å². The highest BCUT2D eigenvalue weighted by molar-refractivity contribution is 7.89. The summed E-state index contributed by atoms with van der Waals surface area (Å²) in [5, 5.41) is 12.6. The quantitative estimate of drug-likeness (QED) is 0.453. The first-order chi connectivity index (χ1) is 16.9. The van der Waals surface area contributed by atoms with Gasteiger partial charge in [-0.1, -0.05) is 36.4 Å². The SMILES string of the molecule is CCOC(=O)c1ccc(S(=O)(=O)N2CCN(CC(O)COc3cccc4ccccc34)CC2)cc1. The summed E-state index contributed by atoms with van der Waals surface area (Å²) in [6.07, 6.45) is -0.701. The smallest absolute Gasteiger partial charge is 0.338 e. The van der Waals surface area contributed by atoms with Crippen molar-refractivity contribution in [3.8, 4) is 5.75 Å². The van der Waals surface area contributed by atoms with Crippen molar-refractivity contribution in [2.45, 2.75) is 17.9 Å². The minimum atomic E-state index is -3.67. The highest BCUT2D eigenvalue weighted by atomic mass is 32.2. The zero-order valence-corrected chi connectivity index (χ0v) is 20.5. The first-order valence-electron chi connectivity index (χ1n) is 11.7. The van der Waals surface area contributed by atoms with Crippen LogP contribution in [0.15, 0.2) is 71.6 Å². The maximum absolute atomic E-state index is 13.0. The first kappa shape index (κ1) is 25.1. The highest BCUT2D eigenvalue weighted by Crippen LogP contribution is 2.25. The van der Waals surface area contributed by atoms with Crippen molar-refractivity contribution in [3.63, 3.8) is 0 Å². The molecule has 1 heterocycles. The van der Waals surface area contributed by atoms with E-state index in [9.17, 15) is 18.3 Å². The zero-order valence-electron chi connectivity index (χ0n) is 19.7. The number of benzene rings is 3. The summed E-state index contributed by atoms with van der Waals surface area (Å²) in [5.74, 6) is 0.250. The third kappa shape index (κ3) is 5.99. The largest absolute Gasteiger partial charge is 0.490 e. The van der Waals surface area contributed by atoms with Crippen LogP contribution in [0.3, 0.4) is 0 Å². The lowest BCUT2D eigenvalue weighted by atomic mass is 10.1. The molecule has 1 unspecified atom stereocenters. The molecule has 8 nitrogen and oxygen atoms in total. The molecule has 0 radical (unpaired) electrons. The minimum Gasteiger partial charge on any atom is -0.490 e. The number of esters is 1. The second-order valence-corrected chi connectivity index (χ2v) is 10.3. The van der Waals surface area contributed by atoms with Crippen LogP contribution in [0.4, 0.5) is 0 Å². The van der Waals surface area contributed by atoms with Crippen LogP contribution in [0.1, 0.15) is 17.3 Å². The Morgan fingerprint density at radius 1 is 0.971 bits per heavy atom. The van der Waals surface area contributed by atoms with E-state index in [2.05, 4.69) is 0 Å². The van der Waals surface area contributed by atoms with Crippen LogP contribution < -0.4 is 4.74 Å². The van der Waals surface area contributed by atoms with Gasteiger partial charge < -0.3 is 14.6 Å². The van der Waals surface area contributed by atoms with Crippen LogP contribution >= 0.6 is 0 Å². The molecule has 0 aliphatic carbocycles. The van der Waals surface area contributed by atoms with E-state index in [0.29, 0.717) is 38.3 Å². The fraction of sp³-hybridized carbons (Fsp3) is 0.346. The van der Waals surface area contributed by atoms with Gasteiger partial charge >= 0.3 is 5.97 Å². The van der Waals surface area contributed by atoms with Gasteiger partial charge in [0.15, 0.2) is 0 Å². The van der Waals surface area contributed by atoms with Gasteiger partial charge in [-0.05, 0) is 42.6 Å². The van der Waals surface area contributed by atoms with Gasteiger partial charge in [0.05, 0.1) is 17.1 Å². The molecule has 9 heteroatoms. The van der Waals surface area contributed by atoms with Crippen LogP contribution in [0.2, 0.25) is 0 Å². The Morgan fingerprint density at radius 3 is 2.37 bits per heavy atom. The maximum Gasteiger partial charge on any atom is 0.338 e. The van der Waals surface area contributed by atoms with Gasteiger partial charge in [0, 0.05) is 38.1 Å². The fourth-order valence-electron chi connectivity index (χ4n) is 4.14. The average molecular weight is 499 g/mol. The van der Waals surface area contributed by atoms with Crippen LogP contribution in [-0.2, 0) is 14.8 Å². The Balaban J connectivity index is 1.28. The number of aliphatic hydroxyl groups is 1. The number of fused-ring (bicyclic) bond motifs is 1. The number of hydrogen-bond donors (Lipinski definition) is 1. The van der Waals surface area contributed by atoms with Gasteiger partial charge in [0.1, 0.15) is 18.5 Å². The first-order valence-corrected chi connectivity index (χ1v) is 13.1. The predicted molar refractivity (Wildman–Crippen MR) is 133 cm³/mol. The number of nitrogens with zero attached hydrogens (tertiary/aromatic N) is 2. The Hall–Kier alpha value is -2.98. The lowest BCUT2D eigenvalue weighted by Crippen LogP contribution is -2.50. The normalized spacial score (nSPS) is 16.2. The number of hydrogen-bond acceptors (Lipinski definition) is 7. The second kappa shape index (κ2) is 11.2. The molecule has 3 aromatic rings. The molecule has 1 saturated heterocycles. The number of aliphatic hydroxyl groups excluding tert-OH is 1. The maximum atomic E-state index is 13.0.